The van der Waals surface area contributed by atoms with Gasteiger partial charge in [-0.25, -0.2) is 4.98 Å². The van der Waals surface area contributed by atoms with Gasteiger partial charge in [-0.2, -0.15) is 5.10 Å². The number of anilines is 1. The smallest absolute Gasteiger partial charge is 0.228 e. The van der Waals surface area contributed by atoms with Crippen molar-refractivity contribution in [2.45, 2.75) is 13.0 Å². The molecule has 0 bridgehead atoms. The zero-order chi connectivity index (χ0) is 20.8. The lowest BCUT2D eigenvalue weighted by molar-refractivity contribution is -0.115. The summed E-state index contributed by atoms with van der Waals surface area (Å²) >= 11 is 0. The van der Waals surface area contributed by atoms with Crippen LogP contribution < -0.4 is 25.3 Å². The molecule has 3 rings (SSSR count). The van der Waals surface area contributed by atoms with Crippen molar-refractivity contribution in [1.82, 2.24) is 15.2 Å². The average Bonchev–Trinajstić information content (AvgIpc) is 3.22. The van der Waals surface area contributed by atoms with Crippen LogP contribution in [0.15, 0.2) is 36.4 Å². The number of nitrogens with two attached hydrogens (primary N) is 1. The molecule has 0 saturated carbocycles. The second kappa shape index (κ2) is 9.07. The molecule has 0 radical (unpaired) electrons. The number of carbonyl (C=O) groups excluding carboxylic acids is 1. The maximum atomic E-state index is 12.5. The lowest BCUT2D eigenvalue weighted by atomic mass is 10.1. The fourth-order valence-electron chi connectivity index (χ4n) is 2.85. The molecule has 0 fully saturated rings. The molecule has 3 aromatic rings. The Balaban J connectivity index is 1.69. The summed E-state index contributed by atoms with van der Waals surface area (Å²) in [4.78, 5) is 16.7. The van der Waals surface area contributed by atoms with E-state index < -0.39 is 0 Å². The number of nitrogens with zero attached hydrogens (tertiary/aromatic N) is 2. The molecule has 0 unspecified atom stereocenters. The third-order valence-electron chi connectivity index (χ3n) is 4.24. The minimum atomic E-state index is -0.171. The van der Waals surface area contributed by atoms with E-state index in [2.05, 4.69) is 20.5 Å². The van der Waals surface area contributed by atoms with Crippen molar-refractivity contribution < 1.29 is 19.0 Å². The number of hydrogen-bond acceptors (Lipinski definition) is 7. The van der Waals surface area contributed by atoms with Crippen molar-refractivity contribution in [2.24, 2.45) is 5.73 Å². The molecule has 1 aromatic heterocycles. The highest BCUT2D eigenvalue weighted by Gasteiger charge is 2.15. The van der Waals surface area contributed by atoms with Crippen LogP contribution >= 0.6 is 0 Å². The van der Waals surface area contributed by atoms with Gasteiger partial charge < -0.3 is 25.3 Å². The van der Waals surface area contributed by atoms with E-state index in [4.69, 9.17) is 19.9 Å². The topological polar surface area (TPSA) is 124 Å². The Labute approximate surface area is 168 Å². The molecule has 9 heteroatoms. The molecule has 29 heavy (non-hydrogen) atoms. The van der Waals surface area contributed by atoms with Gasteiger partial charge in [0.15, 0.2) is 17.3 Å². The van der Waals surface area contributed by atoms with Crippen molar-refractivity contribution in [3.63, 3.8) is 0 Å². The third-order valence-corrected chi connectivity index (χ3v) is 4.24. The SMILES string of the molecule is COc1cc(CC(=O)Nc2ccc(-c3n[nH]c(CN)n3)cc2)cc(OC)c1OC. The van der Waals surface area contributed by atoms with Crippen LogP contribution in [-0.2, 0) is 17.8 Å². The van der Waals surface area contributed by atoms with Crippen LogP contribution in [0.3, 0.4) is 0 Å². The predicted molar refractivity (Wildman–Crippen MR) is 108 cm³/mol. The Kier molecular flexibility index (Phi) is 6.30. The number of nitrogens with one attached hydrogen (secondary N) is 2. The van der Waals surface area contributed by atoms with E-state index >= 15 is 0 Å². The summed E-state index contributed by atoms with van der Waals surface area (Å²) in [5.74, 6) is 2.49. The van der Waals surface area contributed by atoms with Crippen LogP contribution in [-0.4, -0.2) is 42.4 Å². The minimum absolute atomic E-state index is 0.152. The number of H-pyrrole nitrogens is 1. The molecule has 0 atom stereocenters. The highest BCUT2D eigenvalue weighted by molar-refractivity contribution is 5.92. The standard InChI is InChI=1S/C20H23N5O4/c1-27-15-8-12(9-16(28-2)19(15)29-3)10-18(26)22-14-6-4-13(5-7-14)20-23-17(11-21)24-25-20/h4-9H,10-11,21H2,1-3H3,(H,22,26)(H,23,24,25). The Morgan fingerprint density at radius 1 is 1.07 bits per heavy atom. The van der Waals surface area contributed by atoms with Gasteiger partial charge >= 0.3 is 0 Å². The maximum Gasteiger partial charge on any atom is 0.228 e. The molecule has 4 N–H and O–H groups in total. The molecular weight excluding hydrogens is 374 g/mol. The van der Waals surface area contributed by atoms with E-state index in [-0.39, 0.29) is 12.3 Å². The number of amides is 1. The van der Waals surface area contributed by atoms with E-state index in [1.807, 2.05) is 12.1 Å². The van der Waals surface area contributed by atoms with E-state index in [0.717, 1.165) is 11.1 Å². The summed E-state index contributed by atoms with van der Waals surface area (Å²) in [5.41, 5.74) is 7.76. The molecule has 1 heterocycles. The number of aromatic nitrogens is 3. The van der Waals surface area contributed by atoms with Gasteiger partial charge in [-0.3, -0.25) is 9.89 Å². The third kappa shape index (κ3) is 4.64. The monoisotopic (exact) mass is 397 g/mol. The van der Waals surface area contributed by atoms with Crippen molar-refractivity contribution in [3.8, 4) is 28.6 Å². The highest BCUT2D eigenvalue weighted by atomic mass is 16.5. The largest absolute Gasteiger partial charge is 0.493 e. The van der Waals surface area contributed by atoms with E-state index in [9.17, 15) is 4.79 Å². The van der Waals surface area contributed by atoms with Gasteiger partial charge in [0.2, 0.25) is 11.7 Å². The quantitative estimate of drug-likeness (QED) is 0.532. The van der Waals surface area contributed by atoms with Crippen molar-refractivity contribution >= 4 is 11.6 Å². The summed E-state index contributed by atoms with van der Waals surface area (Å²) in [5, 5.41) is 9.75. The number of rotatable bonds is 8. The van der Waals surface area contributed by atoms with Crippen LogP contribution in [0.4, 0.5) is 5.69 Å². The number of hydrogen-bond donors (Lipinski definition) is 3. The Bertz CT molecular complexity index is 960. The number of aromatic amines is 1. The number of methoxy groups -OCH3 is 3. The summed E-state index contributed by atoms with van der Waals surface area (Å²) < 4.78 is 16.0. The molecule has 2 aromatic carbocycles. The Morgan fingerprint density at radius 2 is 1.72 bits per heavy atom. The van der Waals surface area contributed by atoms with Crippen molar-refractivity contribution in [3.05, 3.63) is 47.8 Å². The number of ether oxygens (including phenoxy) is 3. The van der Waals surface area contributed by atoms with Crippen LogP contribution in [0.5, 0.6) is 17.2 Å². The van der Waals surface area contributed by atoms with E-state index in [1.54, 1.807) is 24.3 Å². The van der Waals surface area contributed by atoms with Crippen LogP contribution in [0.25, 0.3) is 11.4 Å². The fourth-order valence-corrected chi connectivity index (χ4v) is 2.85. The van der Waals surface area contributed by atoms with Crippen molar-refractivity contribution in [2.75, 3.05) is 26.6 Å². The molecule has 9 nitrogen and oxygen atoms in total. The minimum Gasteiger partial charge on any atom is -0.493 e. The number of benzene rings is 2. The summed E-state index contributed by atoms with van der Waals surface area (Å²) in [6, 6.07) is 10.8. The fraction of sp³-hybridized carbons (Fsp3) is 0.250. The van der Waals surface area contributed by atoms with Crippen LogP contribution in [0.2, 0.25) is 0 Å². The maximum absolute atomic E-state index is 12.5. The average molecular weight is 397 g/mol. The van der Waals surface area contributed by atoms with Gasteiger partial charge in [-0.05, 0) is 42.0 Å². The van der Waals surface area contributed by atoms with Gasteiger partial charge in [0.25, 0.3) is 0 Å². The summed E-state index contributed by atoms with van der Waals surface area (Å²) in [6.07, 6.45) is 0.152. The molecule has 0 aliphatic heterocycles. The first-order valence-electron chi connectivity index (χ1n) is 8.88. The first-order valence-corrected chi connectivity index (χ1v) is 8.88. The molecule has 0 spiro atoms. The zero-order valence-electron chi connectivity index (χ0n) is 16.5. The molecule has 0 aliphatic carbocycles. The second-order valence-corrected chi connectivity index (χ2v) is 6.15. The van der Waals surface area contributed by atoms with E-state index in [1.165, 1.54) is 21.3 Å². The van der Waals surface area contributed by atoms with Gasteiger partial charge in [-0.1, -0.05) is 0 Å². The van der Waals surface area contributed by atoms with Gasteiger partial charge in [0, 0.05) is 11.3 Å². The van der Waals surface area contributed by atoms with Gasteiger partial charge in [0.1, 0.15) is 5.82 Å². The predicted octanol–water partition coefficient (Wildman–Crippen LogP) is 2.14. The normalized spacial score (nSPS) is 10.5. The Morgan fingerprint density at radius 3 is 2.24 bits per heavy atom. The lowest BCUT2D eigenvalue weighted by Gasteiger charge is -2.14. The Hall–Kier alpha value is -3.59. The zero-order valence-corrected chi connectivity index (χ0v) is 16.5. The molecule has 0 saturated heterocycles. The van der Waals surface area contributed by atoms with E-state index in [0.29, 0.717) is 41.1 Å². The molecule has 1 amide bonds. The lowest BCUT2D eigenvalue weighted by Crippen LogP contribution is -2.14. The molecular formula is C20H23N5O4. The first-order chi connectivity index (χ1) is 14.1. The van der Waals surface area contributed by atoms with Gasteiger partial charge in [-0.15, -0.1) is 0 Å². The van der Waals surface area contributed by atoms with Crippen molar-refractivity contribution in [1.29, 1.82) is 0 Å². The second-order valence-electron chi connectivity index (χ2n) is 6.15. The number of carbonyl (C=O) groups is 1. The first kappa shape index (κ1) is 20.2. The molecule has 152 valence electrons. The summed E-state index contributed by atoms with van der Waals surface area (Å²) in [7, 11) is 4.60. The highest BCUT2D eigenvalue weighted by Crippen LogP contribution is 2.38. The van der Waals surface area contributed by atoms with Gasteiger partial charge in [0.05, 0.1) is 34.3 Å². The summed E-state index contributed by atoms with van der Waals surface area (Å²) in [6.45, 7) is 0.294. The van der Waals surface area contributed by atoms with Crippen LogP contribution in [0, 0.1) is 0 Å². The van der Waals surface area contributed by atoms with Crippen LogP contribution in [0.1, 0.15) is 11.4 Å². The molecule has 0 aliphatic rings.